The maximum absolute atomic E-state index is 5.91. The normalized spacial score (nSPS) is 11.8. The molecule has 0 aliphatic heterocycles. The van der Waals surface area contributed by atoms with E-state index >= 15 is 0 Å². The third-order valence-corrected chi connectivity index (χ3v) is 4.46. The van der Waals surface area contributed by atoms with Crippen LogP contribution in [0.15, 0.2) is 46.4 Å². The molecule has 0 spiro atoms. The fourth-order valence-electron chi connectivity index (χ4n) is 2.44. The monoisotopic (exact) mass is 371 g/mol. The highest BCUT2D eigenvalue weighted by Gasteiger charge is 2.11. The maximum Gasteiger partial charge on any atom is 0.130 e. The van der Waals surface area contributed by atoms with E-state index in [-0.39, 0.29) is 0 Å². The third kappa shape index (κ3) is 5.33. The summed E-state index contributed by atoms with van der Waals surface area (Å²) >= 11 is 5.91. The predicted molar refractivity (Wildman–Crippen MR) is 112 cm³/mol. The number of halogens is 1. The van der Waals surface area contributed by atoms with Crippen LogP contribution in [-0.2, 0) is 0 Å². The van der Waals surface area contributed by atoms with Gasteiger partial charge in [0, 0.05) is 31.2 Å². The number of ether oxygens (including phenoxy) is 1. The third-order valence-electron chi connectivity index (χ3n) is 4.21. The Bertz CT molecular complexity index is 798. The van der Waals surface area contributed by atoms with E-state index in [1.807, 2.05) is 42.6 Å². The van der Waals surface area contributed by atoms with E-state index in [0.29, 0.717) is 11.6 Å². The molecule has 2 aromatic rings. The quantitative estimate of drug-likeness (QED) is 0.503. The molecule has 0 fully saturated rings. The first kappa shape index (κ1) is 20.0. The van der Waals surface area contributed by atoms with Gasteiger partial charge in [-0.2, -0.15) is 0 Å². The van der Waals surface area contributed by atoms with E-state index in [9.17, 15) is 0 Å². The Morgan fingerprint density at radius 2 is 1.85 bits per heavy atom. The first-order chi connectivity index (χ1) is 12.4. The Hall–Kier alpha value is -2.33. The molecule has 0 radical (unpaired) electrons. The van der Waals surface area contributed by atoms with Gasteiger partial charge >= 0.3 is 0 Å². The number of hydrogen-bond acceptors (Lipinski definition) is 3. The van der Waals surface area contributed by atoms with Crippen molar-refractivity contribution >= 4 is 29.3 Å². The smallest absolute Gasteiger partial charge is 0.130 e. The van der Waals surface area contributed by atoms with Crippen molar-refractivity contribution in [2.45, 2.75) is 20.8 Å². The Morgan fingerprint density at radius 1 is 1.15 bits per heavy atom. The summed E-state index contributed by atoms with van der Waals surface area (Å²) in [5.74, 6) is 0.772. The van der Waals surface area contributed by atoms with Crippen LogP contribution in [0.5, 0.6) is 5.75 Å². The zero-order valence-corrected chi connectivity index (χ0v) is 16.8. The lowest BCUT2D eigenvalue weighted by atomic mass is 10.00. The summed E-state index contributed by atoms with van der Waals surface area (Å²) < 4.78 is 5.86. The molecular formula is C21H26ClN3O. The van der Waals surface area contributed by atoms with Gasteiger partial charge in [0.15, 0.2) is 0 Å². The van der Waals surface area contributed by atoms with Gasteiger partial charge in [-0.1, -0.05) is 11.6 Å². The zero-order valence-electron chi connectivity index (χ0n) is 16.1. The summed E-state index contributed by atoms with van der Waals surface area (Å²) in [6.45, 7) is 7.56. The number of aliphatic imine (C=N–C) groups is 2. The van der Waals surface area contributed by atoms with E-state index in [0.717, 1.165) is 40.4 Å². The van der Waals surface area contributed by atoms with Crippen molar-refractivity contribution < 1.29 is 4.74 Å². The largest absolute Gasteiger partial charge is 0.487 e. The fraction of sp³-hybridized carbons (Fsp3) is 0.333. The van der Waals surface area contributed by atoms with E-state index in [2.05, 4.69) is 42.9 Å². The summed E-state index contributed by atoms with van der Waals surface area (Å²) in [6.07, 6.45) is 1.86. The molecule has 138 valence electrons. The van der Waals surface area contributed by atoms with Gasteiger partial charge in [-0.05, 0) is 68.3 Å². The Balaban J connectivity index is 2.18. The van der Waals surface area contributed by atoms with E-state index in [1.165, 1.54) is 0 Å². The van der Waals surface area contributed by atoms with Crippen LogP contribution >= 0.6 is 11.6 Å². The lowest BCUT2D eigenvalue weighted by Crippen LogP contribution is -2.15. The van der Waals surface area contributed by atoms with Crippen LogP contribution in [0.2, 0.25) is 5.02 Å². The molecule has 0 heterocycles. The second-order valence-electron chi connectivity index (χ2n) is 6.18. The van der Waals surface area contributed by atoms with Crippen molar-refractivity contribution in [2.75, 3.05) is 27.2 Å². The Kier molecular flexibility index (Phi) is 7.22. The standard InChI is InChI=1S/C21H26ClN3O/c1-6-25(5)14-24-20-12-15(2)19(11-16(20)3)21(23-4)13-26-18-9-7-17(22)8-10-18/h7-12,14H,6,13H2,1-5H3. The number of aryl methyl sites for hydroxylation is 2. The molecule has 0 saturated carbocycles. The van der Waals surface area contributed by atoms with Crippen molar-refractivity contribution in [3.05, 3.63) is 58.1 Å². The molecule has 0 aliphatic rings. The molecule has 0 atom stereocenters. The van der Waals surface area contributed by atoms with Crippen molar-refractivity contribution in [1.82, 2.24) is 4.90 Å². The molecule has 0 aliphatic carbocycles. The summed E-state index contributed by atoms with van der Waals surface area (Å²) in [5, 5.41) is 0.693. The molecule has 0 bridgehead atoms. The van der Waals surface area contributed by atoms with E-state index < -0.39 is 0 Å². The molecule has 5 heteroatoms. The first-order valence-corrected chi connectivity index (χ1v) is 9.02. The molecule has 2 rings (SSSR count). The highest BCUT2D eigenvalue weighted by atomic mass is 35.5. The molecule has 26 heavy (non-hydrogen) atoms. The molecule has 2 aromatic carbocycles. The molecule has 0 amide bonds. The van der Waals surface area contributed by atoms with Crippen LogP contribution in [-0.4, -0.2) is 44.2 Å². The minimum atomic E-state index is 0.402. The average molecular weight is 372 g/mol. The topological polar surface area (TPSA) is 37.2 Å². The summed E-state index contributed by atoms with van der Waals surface area (Å²) in [6, 6.07) is 11.6. The number of benzene rings is 2. The van der Waals surface area contributed by atoms with Gasteiger partial charge < -0.3 is 9.64 Å². The van der Waals surface area contributed by atoms with E-state index in [1.54, 1.807) is 7.05 Å². The van der Waals surface area contributed by atoms with Gasteiger partial charge in [-0.25, -0.2) is 4.99 Å². The van der Waals surface area contributed by atoms with Gasteiger partial charge in [0.05, 0.1) is 17.7 Å². The predicted octanol–water partition coefficient (Wildman–Crippen LogP) is 5.07. The minimum absolute atomic E-state index is 0.402. The zero-order chi connectivity index (χ0) is 19.1. The number of nitrogens with zero attached hydrogens (tertiary/aromatic N) is 3. The number of rotatable bonds is 7. The van der Waals surface area contributed by atoms with Crippen LogP contribution in [0.4, 0.5) is 5.69 Å². The molecule has 0 unspecified atom stereocenters. The number of hydrogen-bond donors (Lipinski definition) is 0. The molecular weight excluding hydrogens is 346 g/mol. The summed E-state index contributed by atoms with van der Waals surface area (Å²) in [5.41, 5.74) is 5.20. The van der Waals surface area contributed by atoms with Crippen LogP contribution < -0.4 is 4.74 Å². The molecule has 4 nitrogen and oxygen atoms in total. The average Bonchev–Trinajstić information content (AvgIpc) is 2.64. The second kappa shape index (κ2) is 9.39. The van der Waals surface area contributed by atoms with Gasteiger partial charge in [0.2, 0.25) is 0 Å². The lowest BCUT2D eigenvalue weighted by molar-refractivity contribution is 0.377. The lowest BCUT2D eigenvalue weighted by Gasteiger charge is -2.14. The van der Waals surface area contributed by atoms with Crippen molar-refractivity contribution in [3.8, 4) is 5.75 Å². The minimum Gasteiger partial charge on any atom is -0.487 e. The Morgan fingerprint density at radius 3 is 2.46 bits per heavy atom. The van der Waals surface area contributed by atoms with Crippen LogP contribution in [0.3, 0.4) is 0 Å². The highest BCUT2D eigenvalue weighted by Crippen LogP contribution is 2.24. The maximum atomic E-state index is 5.91. The second-order valence-corrected chi connectivity index (χ2v) is 6.62. The van der Waals surface area contributed by atoms with E-state index in [4.69, 9.17) is 16.3 Å². The van der Waals surface area contributed by atoms with Gasteiger partial charge in [0.25, 0.3) is 0 Å². The molecule has 0 saturated heterocycles. The molecule has 0 N–H and O–H groups in total. The van der Waals surface area contributed by atoms with Gasteiger partial charge in [-0.3, -0.25) is 4.99 Å². The van der Waals surface area contributed by atoms with Crippen molar-refractivity contribution in [3.63, 3.8) is 0 Å². The Labute approximate surface area is 161 Å². The van der Waals surface area contributed by atoms with Crippen molar-refractivity contribution in [2.24, 2.45) is 9.98 Å². The van der Waals surface area contributed by atoms with Crippen molar-refractivity contribution in [1.29, 1.82) is 0 Å². The summed E-state index contributed by atoms with van der Waals surface area (Å²) in [7, 11) is 3.80. The van der Waals surface area contributed by atoms with Crippen LogP contribution in [0.1, 0.15) is 23.6 Å². The van der Waals surface area contributed by atoms with Gasteiger partial charge in [-0.15, -0.1) is 0 Å². The summed E-state index contributed by atoms with van der Waals surface area (Å²) in [4.78, 5) is 11.1. The SMILES string of the molecule is CCN(C)C=Nc1cc(C)c(C(COc2ccc(Cl)cc2)=NC)cc1C. The molecule has 0 aromatic heterocycles. The first-order valence-electron chi connectivity index (χ1n) is 8.64. The van der Waals surface area contributed by atoms with Crippen LogP contribution in [0.25, 0.3) is 0 Å². The fourth-order valence-corrected chi connectivity index (χ4v) is 2.56. The van der Waals surface area contributed by atoms with Crippen LogP contribution in [0, 0.1) is 13.8 Å². The van der Waals surface area contributed by atoms with Gasteiger partial charge in [0.1, 0.15) is 12.4 Å². The highest BCUT2D eigenvalue weighted by molar-refractivity contribution is 6.30.